The van der Waals surface area contributed by atoms with Crippen molar-refractivity contribution in [1.29, 1.82) is 0 Å². The van der Waals surface area contributed by atoms with Crippen LogP contribution in [0.4, 0.5) is 5.69 Å². The lowest BCUT2D eigenvalue weighted by atomic mass is 10.1. The molecule has 0 spiro atoms. The molecule has 1 atom stereocenters. The number of pyridine rings is 1. The molecule has 1 saturated heterocycles. The van der Waals surface area contributed by atoms with Crippen LogP contribution in [0, 0.1) is 6.92 Å². The van der Waals surface area contributed by atoms with E-state index in [2.05, 4.69) is 15.2 Å². The normalized spacial score (nSPS) is 16.5. The molecule has 1 aliphatic heterocycles. The first-order chi connectivity index (χ1) is 12.1. The number of aryl methyl sites for hydroxylation is 1. The van der Waals surface area contributed by atoms with Gasteiger partial charge in [-0.05, 0) is 40.9 Å². The minimum atomic E-state index is -0.361. The van der Waals surface area contributed by atoms with Crippen LogP contribution in [0.1, 0.15) is 24.1 Å². The summed E-state index contributed by atoms with van der Waals surface area (Å²) in [5.74, 6) is 0.0212. The highest BCUT2D eigenvalue weighted by Crippen LogP contribution is 2.26. The Kier molecular flexibility index (Phi) is 5.45. The molecule has 1 fully saturated rings. The predicted molar refractivity (Wildman–Crippen MR) is 98.5 cm³/mol. The standard InChI is InChI=1S/C18H22N4O2S/c1-13-3-5-19-11-16(13)20-18(24)17(15-4-10-25-12-15)22-8-6-21(7-9-22)14(2)23/h3-5,10-12,17H,6-9H2,1-2H3,(H,20,24). The number of hydrogen-bond donors (Lipinski definition) is 1. The average Bonchev–Trinajstić information content (AvgIpc) is 3.12. The van der Waals surface area contributed by atoms with Crippen molar-refractivity contribution in [2.75, 3.05) is 31.5 Å². The lowest BCUT2D eigenvalue weighted by Crippen LogP contribution is -2.51. The van der Waals surface area contributed by atoms with Crippen molar-refractivity contribution >= 4 is 28.8 Å². The second-order valence-electron chi connectivity index (χ2n) is 6.18. The van der Waals surface area contributed by atoms with Gasteiger partial charge in [-0.3, -0.25) is 19.5 Å². The van der Waals surface area contributed by atoms with Gasteiger partial charge in [0.2, 0.25) is 11.8 Å². The number of hydrogen-bond acceptors (Lipinski definition) is 5. The van der Waals surface area contributed by atoms with Crippen molar-refractivity contribution in [3.8, 4) is 0 Å². The number of piperazine rings is 1. The summed E-state index contributed by atoms with van der Waals surface area (Å²) >= 11 is 1.58. The van der Waals surface area contributed by atoms with Crippen LogP contribution in [0.2, 0.25) is 0 Å². The van der Waals surface area contributed by atoms with E-state index in [1.807, 2.05) is 34.7 Å². The molecule has 0 saturated carbocycles. The number of carbonyl (C=O) groups is 2. The summed E-state index contributed by atoms with van der Waals surface area (Å²) in [6.07, 6.45) is 3.38. The van der Waals surface area contributed by atoms with E-state index in [9.17, 15) is 9.59 Å². The van der Waals surface area contributed by atoms with Crippen LogP contribution in [0.25, 0.3) is 0 Å². The number of aromatic nitrogens is 1. The first-order valence-corrected chi connectivity index (χ1v) is 9.23. The third kappa shape index (κ3) is 4.05. The molecule has 1 unspecified atom stereocenters. The monoisotopic (exact) mass is 358 g/mol. The second kappa shape index (κ2) is 7.76. The molecule has 1 aliphatic rings. The minimum absolute atomic E-state index is 0.0641. The molecule has 3 rings (SSSR count). The van der Waals surface area contributed by atoms with E-state index in [-0.39, 0.29) is 17.9 Å². The molecular weight excluding hydrogens is 336 g/mol. The van der Waals surface area contributed by atoms with Crippen molar-refractivity contribution in [1.82, 2.24) is 14.8 Å². The van der Waals surface area contributed by atoms with Crippen LogP contribution in [-0.2, 0) is 9.59 Å². The van der Waals surface area contributed by atoms with Gasteiger partial charge in [-0.2, -0.15) is 11.3 Å². The van der Waals surface area contributed by atoms with Crippen LogP contribution >= 0.6 is 11.3 Å². The maximum absolute atomic E-state index is 13.0. The fourth-order valence-corrected chi connectivity index (χ4v) is 3.73. The lowest BCUT2D eigenvalue weighted by molar-refractivity contribution is -0.131. The first-order valence-electron chi connectivity index (χ1n) is 8.29. The summed E-state index contributed by atoms with van der Waals surface area (Å²) < 4.78 is 0. The predicted octanol–water partition coefficient (Wildman–Crippen LogP) is 2.30. The molecule has 132 valence electrons. The van der Waals surface area contributed by atoms with Crippen molar-refractivity contribution in [2.24, 2.45) is 0 Å². The van der Waals surface area contributed by atoms with Crippen LogP contribution < -0.4 is 5.32 Å². The van der Waals surface area contributed by atoms with Crippen molar-refractivity contribution in [2.45, 2.75) is 19.9 Å². The number of carbonyl (C=O) groups excluding carboxylic acids is 2. The quantitative estimate of drug-likeness (QED) is 0.911. The van der Waals surface area contributed by atoms with Gasteiger partial charge in [-0.15, -0.1) is 0 Å². The van der Waals surface area contributed by atoms with E-state index in [4.69, 9.17) is 0 Å². The Morgan fingerprint density at radius 3 is 2.60 bits per heavy atom. The van der Waals surface area contributed by atoms with Gasteiger partial charge in [0, 0.05) is 39.3 Å². The lowest BCUT2D eigenvalue weighted by Gasteiger charge is -2.38. The summed E-state index contributed by atoms with van der Waals surface area (Å²) in [5, 5.41) is 7.01. The molecule has 2 amide bonds. The number of amides is 2. The topological polar surface area (TPSA) is 65.5 Å². The zero-order chi connectivity index (χ0) is 17.8. The fraction of sp³-hybridized carbons (Fsp3) is 0.389. The van der Waals surface area contributed by atoms with Gasteiger partial charge in [-0.1, -0.05) is 0 Å². The molecule has 7 heteroatoms. The van der Waals surface area contributed by atoms with Gasteiger partial charge >= 0.3 is 0 Å². The second-order valence-corrected chi connectivity index (χ2v) is 6.96. The minimum Gasteiger partial charge on any atom is -0.340 e. The zero-order valence-corrected chi connectivity index (χ0v) is 15.3. The average molecular weight is 358 g/mol. The Bertz CT molecular complexity index is 739. The molecule has 25 heavy (non-hydrogen) atoms. The van der Waals surface area contributed by atoms with Gasteiger partial charge in [-0.25, -0.2) is 0 Å². The maximum Gasteiger partial charge on any atom is 0.246 e. The number of anilines is 1. The van der Waals surface area contributed by atoms with Gasteiger partial charge in [0.1, 0.15) is 6.04 Å². The molecule has 6 nitrogen and oxygen atoms in total. The highest BCUT2D eigenvalue weighted by Gasteiger charge is 2.31. The van der Waals surface area contributed by atoms with Crippen molar-refractivity contribution in [3.63, 3.8) is 0 Å². The Labute approximate surface area is 151 Å². The van der Waals surface area contributed by atoms with Crippen LogP contribution in [-0.4, -0.2) is 52.8 Å². The third-order valence-corrected chi connectivity index (χ3v) is 5.23. The Hall–Kier alpha value is -2.25. The summed E-state index contributed by atoms with van der Waals surface area (Å²) in [5.41, 5.74) is 2.70. The van der Waals surface area contributed by atoms with Crippen LogP contribution in [0.15, 0.2) is 35.3 Å². The van der Waals surface area contributed by atoms with Crippen molar-refractivity contribution < 1.29 is 9.59 Å². The van der Waals surface area contributed by atoms with E-state index < -0.39 is 0 Å². The van der Waals surface area contributed by atoms with E-state index >= 15 is 0 Å². The molecule has 3 heterocycles. The van der Waals surface area contributed by atoms with Gasteiger partial charge in [0.15, 0.2) is 0 Å². The number of rotatable bonds is 4. The smallest absolute Gasteiger partial charge is 0.246 e. The largest absolute Gasteiger partial charge is 0.340 e. The summed E-state index contributed by atoms with van der Waals surface area (Å²) in [7, 11) is 0. The van der Waals surface area contributed by atoms with E-state index in [0.717, 1.165) is 16.8 Å². The number of nitrogens with zero attached hydrogens (tertiary/aromatic N) is 3. The Balaban J connectivity index is 1.78. The zero-order valence-electron chi connectivity index (χ0n) is 14.4. The number of nitrogens with one attached hydrogen (secondary N) is 1. The maximum atomic E-state index is 13.0. The fourth-order valence-electron chi connectivity index (χ4n) is 3.05. The third-order valence-electron chi connectivity index (χ3n) is 4.53. The molecular formula is C18H22N4O2S. The van der Waals surface area contributed by atoms with Crippen LogP contribution in [0.5, 0.6) is 0 Å². The van der Waals surface area contributed by atoms with Gasteiger partial charge in [0.25, 0.3) is 0 Å². The molecule has 1 N–H and O–H groups in total. The van der Waals surface area contributed by atoms with E-state index in [1.54, 1.807) is 30.7 Å². The Morgan fingerprint density at radius 1 is 1.24 bits per heavy atom. The summed E-state index contributed by atoms with van der Waals surface area (Å²) in [4.78, 5) is 32.6. The van der Waals surface area contributed by atoms with E-state index in [0.29, 0.717) is 26.2 Å². The molecule has 0 radical (unpaired) electrons. The van der Waals surface area contributed by atoms with E-state index in [1.165, 1.54) is 0 Å². The molecule has 2 aromatic rings. The molecule has 0 aromatic carbocycles. The molecule has 0 bridgehead atoms. The Morgan fingerprint density at radius 2 is 2.00 bits per heavy atom. The highest BCUT2D eigenvalue weighted by atomic mass is 32.1. The van der Waals surface area contributed by atoms with Gasteiger partial charge < -0.3 is 10.2 Å². The molecule has 0 aliphatic carbocycles. The summed E-state index contributed by atoms with van der Waals surface area (Å²) in [6.45, 7) is 6.19. The summed E-state index contributed by atoms with van der Waals surface area (Å²) in [6, 6.07) is 3.50. The highest BCUT2D eigenvalue weighted by molar-refractivity contribution is 7.08. The number of thiophene rings is 1. The van der Waals surface area contributed by atoms with Crippen molar-refractivity contribution in [3.05, 3.63) is 46.4 Å². The molecule has 2 aromatic heterocycles. The van der Waals surface area contributed by atoms with Crippen LogP contribution in [0.3, 0.4) is 0 Å². The first kappa shape index (κ1) is 17.6. The van der Waals surface area contributed by atoms with Gasteiger partial charge in [0.05, 0.1) is 11.9 Å². The SMILES string of the molecule is CC(=O)N1CCN(C(C(=O)Nc2cnccc2C)c2ccsc2)CC1.